The first kappa shape index (κ1) is 7.78. The fourth-order valence-corrected chi connectivity index (χ4v) is 0.227. The van der Waals surface area contributed by atoms with Crippen LogP contribution in [0.15, 0.2) is 0 Å². The van der Waals surface area contributed by atoms with E-state index in [9.17, 15) is 8.78 Å². The molecule has 0 aromatic rings. The number of ether oxygens (including phenoxy) is 2. The van der Waals surface area contributed by atoms with Gasteiger partial charge in [0.25, 0.3) is 0 Å². The third-order valence-corrected chi connectivity index (χ3v) is 0.526. The van der Waals surface area contributed by atoms with E-state index in [4.69, 9.17) is 0 Å². The van der Waals surface area contributed by atoms with Gasteiger partial charge in [0.05, 0.1) is 13.2 Å². The van der Waals surface area contributed by atoms with Gasteiger partial charge < -0.3 is 9.47 Å². The molecule has 0 saturated heterocycles. The van der Waals surface area contributed by atoms with Gasteiger partial charge in [-0.25, -0.2) is 8.78 Å². The highest BCUT2D eigenvalue weighted by Crippen LogP contribution is 1.77. The summed E-state index contributed by atoms with van der Waals surface area (Å²) in [4.78, 5) is 0. The lowest BCUT2D eigenvalue weighted by molar-refractivity contribution is -0.0134. The van der Waals surface area contributed by atoms with E-state index in [1.165, 1.54) is 0 Å². The molecule has 0 fully saturated rings. The summed E-state index contributed by atoms with van der Waals surface area (Å²) in [5.74, 6) is 0. The molecule has 0 heterocycles. The van der Waals surface area contributed by atoms with Crippen LogP contribution in [0, 0.1) is 0 Å². The third kappa shape index (κ3) is 5.78. The van der Waals surface area contributed by atoms with Crippen LogP contribution in [0.25, 0.3) is 0 Å². The first-order chi connectivity index (χ1) is 3.91. The number of rotatable bonds is 5. The van der Waals surface area contributed by atoms with Crippen LogP contribution in [0.1, 0.15) is 0 Å². The third-order valence-electron chi connectivity index (χ3n) is 0.526. The summed E-state index contributed by atoms with van der Waals surface area (Å²) >= 11 is 0. The average Bonchev–Trinajstić information content (AvgIpc) is 1.81. The highest BCUT2D eigenvalue weighted by atomic mass is 19.1. The highest BCUT2D eigenvalue weighted by Gasteiger charge is 1.84. The predicted molar refractivity (Wildman–Crippen MR) is 23.9 cm³/mol. The van der Waals surface area contributed by atoms with Crippen LogP contribution in [-0.4, -0.2) is 26.9 Å². The van der Waals surface area contributed by atoms with Crippen LogP contribution in [0.3, 0.4) is 0 Å². The lowest BCUT2D eigenvalue weighted by Gasteiger charge is -1.96. The number of alkyl halides is 2. The summed E-state index contributed by atoms with van der Waals surface area (Å²) in [6.45, 7) is -1.45. The maximum absolute atomic E-state index is 11.0. The summed E-state index contributed by atoms with van der Waals surface area (Å²) in [6.07, 6.45) is 0. The zero-order chi connectivity index (χ0) is 6.24. The molecule has 0 aromatic heterocycles. The molecule has 4 heteroatoms. The molecule has 0 rings (SSSR count). The minimum atomic E-state index is -0.838. The van der Waals surface area contributed by atoms with Gasteiger partial charge in [0.15, 0.2) is 13.7 Å². The molecular weight excluding hydrogens is 118 g/mol. The van der Waals surface area contributed by atoms with Crippen LogP contribution in [0.5, 0.6) is 0 Å². The molecule has 50 valence electrons. The van der Waals surface area contributed by atoms with Crippen molar-refractivity contribution in [2.45, 2.75) is 0 Å². The van der Waals surface area contributed by atoms with Crippen molar-refractivity contribution in [2.24, 2.45) is 0 Å². The summed E-state index contributed by atoms with van der Waals surface area (Å²) in [5, 5.41) is 0. The van der Waals surface area contributed by atoms with Crippen molar-refractivity contribution < 1.29 is 18.3 Å². The molecule has 2 nitrogen and oxygen atoms in total. The molecule has 0 aliphatic heterocycles. The van der Waals surface area contributed by atoms with Gasteiger partial charge in [-0.2, -0.15) is 0 Å². The van der Waals surface area contributed by atoms with Gasteiger partial charge in [-0.1, -0.05) is 0 Å². The minimum Gasteiger partial charge on any atom is -0.348 e. The molecule has 0 aromatic carbocycles. The van der Waals surface area contributed by atoms with Crippen molar-refractivity contribution in [3.63, 3.8) is 0 Å². The van der Waals surface area contributed by atoms with Crippen LogP contribution >= 0.6 is 0 Å². The monoisotopic (exact) mass is 126 g/mol. The number of halogens is 2. The first-order valence-electron chi connectivity index (χ1n) is 2.19. The molecule has 0 aliphatic carbocycles. The van der Waals surface area contributed by atoms with E-state index in [-0.39, 0.29) is 13.2 Å². The zero-order valence-electron chi connectivity index (χ0n) is 4.40. The highest BCUT2D eigenvalue weighted by molar-refractivity contribution is 4.20. The van der Waals surface area contributed by atoms with Crippen LogP contribution in [0.4, 0.5) is 8.78 Å². The Hall–Kier alpha value is -0.220. The fraction of sp³-hybridized carbons (Fsp3) is 1.00. The van der Waals surface area contributed by atoms with E-state index in [2.05, 4.69) is 9.47 Å². The van der Waals surface area contributed by atoms with E-state index < -0.39 is 13.7 Å². The molecule has 0 bridgehead atoms. The normalized spacial score (nSPS) is 9.75. The zero-order valence-corrected chi connectivity index (χ0v) is 4.40. The number of hydrogen-bond acceptors (Lipinski definition) is 2. The van der Waals surface area contributed by atoms with Gasteiger partial charge in [-0.15, -0.1) is 0 Å². The molecule has 0 saturated carbocycles. The van der Waals surface area contributed by atoms with E-state index in [1.54, 1.807) is 0 Å². The predicted octanol–water partition coefficient (Wildman–Crippen LogP) is 0.874. The maximum atomic E-state index is 11.0. The van der Waals surface area contributed by atoms with Crippen LogP contribution in [0.2, 0.25) is 0 Å². The molecule has 0 aliphatic rings. The Morgan fingerprint density at radius 1 is 0.875 bits per heavy atom. The van der Waals surface area contributed by atoms with Crippen molar-refractivity contribution in [2.75, 3.05) is 26.9 Å². The van der Waals surface area contributed by atoms with Gasteiger partial charge in [0.2, 0.25) is 0 Å². The molecule has 0 N–H and O–H groups in total. The Kier molecular flexibility index (Phi) is 6.59. The average molecular weight is 126 g/mol. The molecule has 0 atom stereocenters. The van der Waals surface area contributed by atoms with E-state index in [1.807, 2.05) is 0 Å². The summed E-state index contributed by atoms with van der Waals surface area (Å²) in [6, 6.07) is 0. The SMILES string of the molecule is FCOCCOCF. The van der Waals surface area contributed by atoms with Gasteiger partial charge >= 0.3 is 0 Å². The Morgan fingerprint density at radius 2 is 1.25 bits per heavy atom. The van der Waals surface area contributed by atoms with Gasteiger partial charge in [-0.3, -0.25) is 0 Å². The quantitative estimate of drug-likeness (QED) is 0.509. The van der Waals surface area contributed by atoms with Crippen molar-refractivity contribution >= 4 is 0 Å². The smallest absolute Gasteiger partial charge is 0.188 e. The van der Waals surface area contributed by atoms with Crippen molar-refractivity contribution in [3.8, 4) is 0 Å². The van der Waals surface area contributed by atoms with Crippen LogP contribution in [-0.2, 0) is 9.47 Å². The van der Waals surface area contributed by atoms with Crippen molar-refractivity contribution in [1.29, 1.82) is 0 Å². The van der Waals surface area contributed by atoms with Crippen molar-refractivity contribution in [3.05, 3.63) is 0 Å². The van der Waals surface area contributed by atoms with E-state index in [0.29, 0.717) is 0 Å². The van der Waals surface area contributed by atoms with Gasteiger partial charge in [0.1, 0.15) is 0 Å². The second kappa shape index (κ2) is 6.78. The van der Waals surface area contributed by atoms with Crippen LogP contribution < -0.4 is 0 Å². The molecule has 0 unspecified atom stereocenters. The lowest BCUT2D eigenvalue weighted by atomic mass is 10.8. The molecule has 0 amide bonds. The fourth-order valence-electron chi connectivity index (χ4n) is 0.227. The summed E-state index contributed by atoms with van der Waals surface area (Å²) < 4.78 is 30.5. The molecule has 0 radical (unpaired) electrons. The van der Waals surface area contributed by atoms with E-state index >= 15 is 0 Å². The maximum Gasteiger partial charge on any atom is 0.188 e. The Morgan fingerprint density at radius 3 is 1.50 bits per heavy atom. The lowest BCUT2D eigenvalue weighted by Crippen LogP contribution is -2.01. The Balaban J connectivity index is 2.53. The standard InChI is InChI=1S/C4H8F2O2/c5-3-7-1-2-8-4-6/h1-4H2. The second-order valence-corrected chi connectivity index (χ2v) is 1.03. The number of hydrogen-bond donors (Lipinski definition) is 0. The Labute approximate surface area is 46.4 Å². The molecular formula is C4H8F2O2. The molecule has 0 spiro atoms. The summed E-state index contributed by atoms with van der Waals surface area (Å²) in [7, 11) is 0. The topological polar surface area (TPSA) is 18.5 Å². The Bertz CT molecular complexity index is 37.0. The molecule has 8 heavy (non-hydrogen) atoms. The summed E-state index contributed by atoms with van der Waals surface area (Å²) in [5.41, 5.74) is 0. The van der Waals surface area contributed by atoms with Crippen molar-refractivity contribution in [1.82, 2.24) is 0 Å². The first-order valence-corrected chi connectivity index (χ1v) is 2.19. The van der Waals surface area contributed by atoms with E-state index in [0.717, 1.165) is 0 Å². The largest absolute Gasteiger partial charge is 0.348 e. The second-order valence-electron chi connectivity index (χ2n) is 1.03. The minimum absolute atomic E-state index is 0.112. The van der Waals surface area contributed by atoms with Gasteiger partial charge in [0, 0.05) is 0 Å². The van der Waals surface area contributed by atoms with Gasteiger partial charge in [-0.05, 0) is 0 Å².